The molecule has 4 nitrogen and oxygen atoms in total. The molecule has 1 aromatic carbocycles. The van der Waals surface area contributed by atoms with Crippen LogP contribution in [0.1, 0.15) is 13.8 Å². The van der Waals surface area contributed by atoms with Crippen molar-refractivity contribution in [3.63, 3.8) is 0 Å². The van der Waals surface area contributed by atoms with Gasteiger partial charge >= 0.3 is 0 Å². The van der Waals surface area contributed by atoms with Gasteiger partial charge in [-0.1, -0.05) is 25.4 Å². The van der Waals surface area contributed by atoms with Crippen LogP contribution in [0.5, 0.6) is 5.75 Å². The molecule has 0 spiro atoms. The summed E-state index contributed by atoms with van der Waals surface area (Å²) in [7, 11) is 0. The van der Waals surface area contributed by atoms with Crippen LogP contribution < -0.4 is 4.74 Å². The Labute approximate surface area is 138 Å². The lowest BCUT2D eigenvalue weighted by Gasteiger charge is -2.36. The van der Waals surface area contributed by atoms with E-state index in [2.05, 4.69) is 23.6 Å². The number of aliphatic hydroxyl groups is 1. The van der Waals surface area contributed by atoms with E-state index >= 15 is 0 Å². The fourth-order valence-electron chi connectivity index (χ4n) is 2.74. The Balaban J connectivity index is 1.65. The van der Waals surface area contributed by atoms with Gasteiger partial charge < -0.3 is 14.7 Å². The number of nitrogens with zero attached hydrogens (tertiary/aromatic N) is 2. The van der Waals surface area contributed by atoms with Crippen LogP contribution in [-0.4, -0.2) is 66.9 Å². The molecule has 0 bridgehead atoms. The largest absolute Gasteiger partial charge is 0.491 e. The number of piperazine rings is 1. The number of aliphatic hydroxyl groups excluding tert-OH is 1. The van der Waals surface area contributed by atoms with Crippen molar-refractivity contribution in [1.82, 2.24) is 9.80 Å². The molecule has 0 aromatic heterocycles. The summed E-state index contributed by atoms with van der Waals surface area (Å²) >= 11 is 5.83. The molecule has 1 N–H and O–H groups in total. The molecule has 0 radical (unpaired) electrons. The van der Waals surface area contributed by atoms with Crippen molar-refractivity contribution >= 4 is 11.6 Å². The van der Waals surface area contributed by atoms with Gasteiger partial charge in [0.2, 0.25) is 0 Å². The minimum atomic E-state index is -0.465. The van der Waals surface area contributed by atoms with Gasteiger partial charge in [0.1, 0.15) is 18.5 Å². The van der Waals surface area contributed by atoms with E-state index in [1.165, 1.54) is 0 Å². The molecule has 1 aliphatic rings. The molecule has 1 aliphatic heterocycles. The summed E-state index contributed by atoms with van der Waals surface area (Å²) in [4.78, 5) is 4.81. The predicted octanol–water partition coefficient (Wildman–Crippen LogP) is 2.35. The number of halogens is 1. The van der Waals surface area contributed by atoms with Gasteiger partial charge in [0.15, 0.2) is 0 Å². The highest BCUT2D eigenvalue weighted by atomic mass is 35.5. The van der Waals surface area contributed by atoms with Crippen LogP contribution in [0.4, 0.5) is 0 Å². The third-order valence-corrected chi connectivity index (χ3v) is 4.07. The van der Waals surface area contributed by atoms with Crippen LogP contribution in [0, 0.1) is 5.92 Å². The zero-order valence-corrected chi connectivity index (χ0v) is 14.3. The van der Waals surface area contributed by atoms with E-state index in [9.17, 15) is 5.11 Å². The number of rotatable bonds is 7. The normalized spacial score (nSPS) is 18.6. The van der Waals surface area contributed by atoms with Crippen LogP contribution in [0.2, 0.25) is 5.02 Å². The molecule has 2 rings (SSSR count). The van der Waals surface area contributed by atoms with Crippen molar-refractivity contribution < 1.29 is 9.84 Å². The zero-order valence-electron chi connectivity index (χ0n) is 13.5. The second kappa shape index (κ2) is 8.73. The molecule has 124 valence electrons. The summed E-state index contributed by atoms with van der Waals surface area (Å²) in [6, 6.07) is 7.22. The molecule has 1 heterocycles. The molecule has 1 saturated heterocycles. The first-order valence-electron chi connectivity index (χ1n) is 8.04. The van der Waals surface area contributed by atoms with Crippen molar-refractivity contribution in [2.45, 2.75) is 20.0 Å². The van der Waals surface area contributed by atoms with E-state index in [4.69, 9.17) is 16.3 Å². The Hall–Kier alpha value is -0.810. The summed E-state index contributed by atoms with van der Waals surface area (Å²) in [6.07, 6.45) is -0.465. The van der Waals surface area contributed by atoms with Crippen LogP contribution >= 0.6 is 11.6 Å². The third kappa shape index (κ3) is 6.13. The lowest BCUT2D eigenvalue weighted by Crippen LogP contribution is -2.49. The first-order chi connectivity index (χ1) is 10.5. The molecule has 1 atom stereocenters. The predicted molar refractivity (Wildman–Crippen MR) is 90.7 cm³/mol. The highest BCUT2D eigenvalue weighted by molar-refractivity contribution is 6.30. The lowest BCUT2D eigenvalue weighted by atomic mass is 10.2. The van der Waals surface area contributed by atoms with Crippen LogP contribution in [-0.2, 0) is 0 Å². The number of β-amino-alcohol motifs (C(OH)–C–C–N with tert-alkyl or cyclic N) is 1. The van der Waals surface area contributed by atoms with Crippen molar-refractivity contribution in [3.05, 3.63) is 29.3 Å². The van der Waals surface area contributed by atoms with Crippen molar-refractivity contribution in [1.29, 1.82) is 0 Å². The van der Waals surface area contributed by atoms with E-state index in [1.54, 1.807) is 12.1 Å². The Morgan fingerprint density at radius 1 is 1.05 bits per heavy atom. The van der Waals surface area contributed by atoms with Gasteiger partial charge in [-0.3, -0.25) is 4.90 Å². The fourth-order valence-corrected chi connectivity index (χ4v) is 2.87. The number of benzene rings is 1. The van der Waals surface area contributed by atoms with Gasteiger partial charge in [-0.15, -0.1) is 0 Å². The summed E-state index contributed by atoms with van der Waals surface area (Å²) in [5, 5.41) is 10.8. The molecule has 0 saturated carbocycles. The first kappa shape index (κ1) is 17.5. The minimum Gasteiger partial charge on any atom is -0.491 e. The van der Waals surface area contributed by atoms with Crippen molar-refractivity contribution in [2.24, 2.45) is 5.92 Å². The number of hydrogen-bond acceptors (Lipinski definition) is 4. The molecule has 0 amide bonds. The van der Waals surface area contributed by atoms with Gasteiger partial charge in [-0.05, 0) is 30.2 Å². The van der Waals surface area contributed by atoms with Crippen LogP contribution in [0.15, 0.2) is 24.3 Å². The highest BCUT2D eigenvalue weighted by Gasteiger charge is 2.19. The highest BCUT2D eigenvalue weighted by Crippen LogP contribution is 2.15. The lowest BCUT2D eigenvalue weighted by molar-refractivity contribution is 0.0440. The summed E-state index contributed by atoms with van der Waals surface area (Å²) < 4.78 is 5.59. The van der Waals surface area contributed by atoms with E-state index in [-0.39, 0.29) is 0 Å². The van der Waals surface area contributed by atoms with Gasteiger partial charge in [0.05, 0.1) is 0 Å². The number of hydrogen-bond donors (Lipinski definition) is 1. The van der Waals surface area contributed by atoms with E-state index in [0.717, 1.165) is 38.5 Å². The molecular weight excluding hydrogens is 300 g/mol. The van der Waals surface area contributed by atoms with Gasteiger partial charge in [-0.2, -0.15) is 0 Å². The second-order valence-corrected chi connectivity index (χ2v) is 6.85. The topological polar surface area (TPSA) is 35.9 Å². The van der Waals surface area contributed by atoms with Gasteiger partial charge in [-0.25, -0.2) is 0 Å². The quantitative estimate of drug-likeness (QED) is 0.834. The first-order valence-corrected chi connectivity index (χ1v) is 8.42. The van der Waals surface area contributed by atoms with Crippen molar-refractivity contribution in [2.75, 3.05) is 45.9 Å². The summed E-state index contributed by atoms with van der Waals surface area (Å²) in [6.45, 7) is 10.9. The van der Waals surface area contributed by atoms with Gasteiger partial charge in [0.25, 0.3) is 0 Å². The Morgan fingerprint density at radius 3 is 2.14 bits per heavy atom. The third-order valence-electron chi connectivity index (χ3n) is 3.81. The average molecular weight is 327 g/mol. The Morgan fingerprint density at radius 2 is 1.59 bits per heavy atom. The van der Waals surface area contributed by atoms with Crippen LogP contribution in [0.25, 0.3) is 0 Å². The fraction of sp³-hybridized carbons (Fsp3) is 0.647. The molecule has 0 unspecified atom stereocenters. The molecular formula is C17H27ClN2O2. The molecule has 22 heavy (non-hydrogen) atoms. The van der Waals surface area contributed by atoms with Gasteiger partial charge in [0, 0.05) is 44.3 Å². The molecule has 5 heteroatoms. The maximum absolute atomic E-state index is 10.1. The molecule has 1 aromatic rings. The molecule has 1 fully saturated rings. The number of ether oxygens (including phenoxy) is 1. The Kier molecular flexibility index (Phi) is 6.96. The molecule has 0 aliphatic carbocycles. The SMILES string of the molecule is CC(C)CN1CCN(C[C@H](O)COc2ccc(Cl)cc2)CC1. The minimum absolute atomic E-state index is 0.313. The standard InChI is InChI=1S/C17H27ClN2O2/c1-14(2)11-19-7-9-20(10-8-19)12-16(21)13-22-17-5-3-15(18)4-6-17/h3-6,14,16,21H,7-13H2,1-2H3/t16-/m0/s1. The van der Waals surface area contributed by atoms with E-state index in [0.29, 0.717) is 24.1 Å². The Bertz CT molecular complexity index is 431. The second-order valence-electron chi connectivity index (χ2n) is 6.41. The monoisotopic (exact) mass is 326 g/mol. The van der Waals surface area contributed by atoms with E-state index < -0.39 is 6.10 Å². The smallest absolute Gasteiger partial charge is 0.119 e. The van der Waals surface area contributed by atoms with E-state index in [1.807, 2.05) is 12.1 Å². The zero-order chi connectivity index (χ0) is 15.9. The maximum atomic E-state index is 10.1. The summed E-state index contributed by atoms with van der Waals surface area (Å²) in [5.41, 5.74) is 0. The van der Waals surface area contributed by atoms with Crippen molar-refractivity contribution in [3.8, 4) is 5.75 Å². The summed E-state index contributed by atoms with van der Waals surface area (Å²) in [5.74, 6) is 1.45. The maximum Gasteiger partial charge on any atom is 0.119 e. The average Bonchev–Trinajstić information content (AvgIpc) is 2.48. The van der Waals surface area contributed by atoms with Crippen LogP contribution in [0.3, 0.4) is 0 Å².